The number of ether oxygens (including phenoxy) is 3. The first-order valence-corrected chi connectivity index (χ1v) is 5.01. The molecule has 0 saturated carbocycles. The molecule has 1 unspecified atom stereocenters. The molecule has 0 aliphatic carbocycles. The van der Waals surface area contributed by atoms with Gasteiger partial charge in [-0.1, -0.05) is 6.92 Å². The quantitative estimate of drug-likeness (QED) is 0.650. The van der Waals surface area contributed by atoms with E-state index in [1.165, 1.54) is 6.92 Å². The van der Waals surface area contributed by atoms with Crippen LogP contribution in [0.2, 0.25) is 0 Å². The van der Waals surface area contributed by atoms with Crippen molar-refractivity contribution < 1.29 is 19.0 Å². The summed E-state index contributed by atoms with van der Waals surface area (Å²) in [4.78, 5) is 10.8. The van der Waals surface area contributed by atoms with Crippen LogP contribution in [0.25, 0.3) is 0 Å². The predicted molar refractivity (Wildman–Crippen MR) is 50.7 cm³/mol. The van der Waals surface area contributed by atoms with Crippen molar-refractivity contribution in [3.05, 3.63) is 0 Å². The number of esters is 1. The Morgan fingerprint density at radius 3 is 2.71 bits per heavy atom. The summed E-state index contributed by atoms with van der Waals surface area (Å²) < 4.78 is 15.9. The molecule has 0 aromatic rings. The van der Waals surface area contributed by atoms with Gasteiger partial charge in [0, 0.05) is 26.9 Å². The summed E-state index contributed by atoms with van der Waals surface area (Å²) in [5, 5.41) is 0. The average Bonchev–Trinajstić information content (AvgIpc) is 2.16. The highest BCUT2D eigenvalue weighted by atomic mass is 16.7. The molecule has 1 heterocycles. The predicted octanol–water partition coefficient (Wildman–Crippen LogP) is 1.48. The second kappa shape index (κ2) is 5.32. The van der Waals surface area contributed by atoms with Gasteiger partial charge in [0.2, 0.25) is 0 Å². The van der Waals surface area contributed by atoms with Crippen LogP contribution in [0, 0.1) is 0 Å². The van der Waals surface area contributed by atoms with Gasteiger partial charge in [-0.2, -0.15) is 0 Å². The van der Waals surface area contributed by atoms with E-state index in [1.54, 1.807) is 7.11 Å². The van der Waals surface area contributed by atoms with Crippen molar-refractivity contribution in [2.24, 2.45) is 0 Å². The van der Waals surface area contributed by atoms with E-state index in [0.29, 0.717) is 6.42 Å². The Bertz CT molecular complexity index is 181. The molecule has 0 radical (unpaired) electrons. The highest BCUT2D eigenvalue weighted by Gasteiger charge is 2.30. The maximum Gasteiger partial charge on any atom is 0.302 e. The van der Waals surface area contributed by atoms with E-state index in [1.807, 2.05) is 6.92 Å². The van der Waals surface area contributed by atoms with E-state index in [-0.39, 0.29) is 24.5 Å². The summed E-state index contributed by atoms with van der Waals surface area (Å²) >= 11 is 0. The highest BCUT2D eigenvalue weighted by molar-refractivity contribution is 5.66. The largest absolute Gasteiger partial charge is 0.462 e. The van der Waals surface area contributed by atoms with Crippen molar-refractivity contribution in [1.29, 1.82) is 0 Å². The third-order valence-corrected chi connectivity index (χ3v) is 2.38. The minimum atomic E-state index is -0.238. The standard InChI is InChI=1S/C10H18O4/c1-4-8-5-9(13-7(2)11)6-10(12-3)14-8/h8-10H,4-6H2,1-3H3/t8-,9+,10?/m1/s1. The molecule has 0 spiro atoms. The summed E-state index contributed by atoms with van der Waals surface area (Å²) in [6.45, 7) is 3.48. The smallest absolute Gasteiger partial charge is 0.302 e. The monoisotopic (exact) mass is 202 g/mol. The lowest BCUT2D eigenvalue weighted by Crippen LogP contribution is -2.38. The first-order chi connectivity index (χ1) is 6.65. The van der Waals surface area contributed by atoms with Crippen molar-refractivity contribution in [2.45, 2.75) is 51.6 Å². The first-order valence-electron chi connectivity index (χ1n) is 5.01. The molecule has 1 fully saturated rings. The van der Waals surface area contributed by atoms with Crippen LogP contribution in [-0.4, -0.2) is 31.6 Å². The topological polar surface area (TPSA) is 44.8 Å². The summed E-state index contributed by atoms with van der Waals surface area (Å²) in [6.07, 6.45) is 2.16. The zero-order valence-electron chi connectivity index (χ0n) is 8.99. The summed E-state index contributed by atoms with van der Waals surface area (Å²) in [7, 11) is 1.60. The number of hydrogen-bond acceptors (Lipinski definition) is 4. The highest BCUT2D eigenvalue weighted by Crippen LogP contribution is 2.24. The fraction of sp³-hybridized carbons (Fsp3) is 0.900. The molecule has 0 aromatic carbocycles. The maximum atomic E-state index is 10.8. The molecule has 0 N–H and O–H groups in total. The van der Waals surface area contributed by atoms with Gasteiger partial charge in [-0.25, -0.2) is 0 Å². The van der Waals surface area contributed by atoms with Crippen molar-refractivity contribution in [3.8, 4) is 0 Å². The number of hydrogen-bond donors (Lipinski definition) is 0. The molecule has 4 heteroatoms. The van der Waals surface area contributed by atoms with Gasteiger partial charge >= 0.3 is 5.97 Å². The molecule has 1 saturated heterocycles. The normalized spacial score (nSPS) is 32.6. The van der Waals surface area contributed by atoms with Crippen LogP contribution in [0.1, 0.15) is 33.1 Å². The van der Waals surface area contributed by atoms with Gasteiger partial charge in [-0.05, 0) is 6.42 Å². The second-order valence-electron chi connectivity index (χ2n) is 3.53. The van der Waals surface area contributed by atoms with E-state index in [9.17, 15) is 4.79 Å². The Kier molecular flexibility index (Phi) is 4.35. The third-order valence-electron chi connectivity index (χ3n) is 2.38. The van der Waals surface area contributed by atoms with Gasteiger partial charge in [-0.3, -0.25) is 4.79 Å². The zero-order valence-corrected chi connectivity index (χ0v) is 8.99. The van der Waals surface area contributed by atoms with E-state index < -0.39 is 0 Å². The number of carbonyl (C=O) groups is 1. The SMILES string of the molecule is CC[C@@H]1C[C@H](OC(C)=O)CC(OC)O1. The lowest BCUT2D eigenvalue weighted by atomic mass is 10.0. The Labute approximate surface area is 84.5 Å². The molecule has 82 valence electrons. The molecule has 0 amide bonds. The molecular weight excluding hydrogens is 184 g/mol. The fourth-order valence-electron chi connectivity index (χ4n) is 1.68. The Morgan fingerprint density at radius 1 is 1.50 bits per heavy atom. The number of rotatable bonds is 3. The maximum absolute atomic E-state index is 10.8. The first kappa shape index (κ1) is 11.5. The van der Waals surface area contributed by atoms with Gasteiger partial charge in [0.05, 0.1) is 6.10 Å². The fourth-order valence-corrected chi connectivity index (χ4v) is 1.68. The molecule has 3 atom stereocenters. The average molecular weight is 202 g/mol. The minimum Gasteiger partial charge on any atom is -0.462 e. The Balaban J connectivity index is 2.46. The molecule has 1 aliphatic rings. The summed E-state index contributed by atoms with van der Waals surface area (Å²) in [6, 6.07) is 0. The van der Waals surface area contributed by atoms with E-state index in [4.69, 9.17) is 14.2 Å². The van der Waals surface area contributed by atoms with Crippen LogP contribution >= 0.6 is 0 Å². The van der Waals surface area contributed by atoms with Crippen molar-refractivity contribution in [1.82, 2.24) is 0 Å². The van der Waals surface area contributed by atoms with Gasteiger partial charge in [0.25, 0.3) is 0 Å². The lowest BCUT2D eigenvalue weighted by Gasteiger charge is -2.33. The number of methoxy groups -OCH3 is 1. The van der Waals surface area contributed by atoms with E-state index in [2.05, 4.69) is 0 Å². The van der Waals surface area contributed by atoms with Gasteiger partial charge in [0.15, 0.2) is 6.29 Å². The molecule has 1 rings (SSSR count). The van der Waals surface area contributed by atoms with Gasteiger partial charge < -0.3 is 14.2 Å². The minimum absolute atomic E-state index is 0.0591. The van der Waals surface area contributed by atoms with Crippen LogP contribution < -0.4 is 0 Å². The van der Waals surface area contributed by atoms with E-state index >= 15 is 0 Å². The Hall–Kier alpha value is -0.610. The van der Waals surface area contributed by atoms with Crippen molar-refractivity contribution >= 4 is 5.97 Å². The van der Waals surface area contributed by atoms with Crippen LogP contribution in [0.15, 0.2) is 0 Å². The molecule has 1 aliphatic heterocycles. The molecule has 0 aromatic heterocycles. The molecule has 4 nitrogen and oxygen atoms in total. The third kappa shape index (κ3) is 3.27. The summed E-state index contributed by atoms with van der Waals surface area (Å²) in [5.74, 6) is -0.235. The van der Waals surface area contributed by atoms with Crippen LogP contribution in [-0.2, 0) is 19.0 Å². The molecule has 0 bridgehead atoms. The molecular formula is C10H18O4. The van der Waals surface area contributed by atoms with Crippen LogP contribution in [0.4, 0.5) is 0 Å². The molecule has 14 heavy (non-hydrogen) atoms. The number of carbonyl (C=O) groups excluding carboxylic acids is 1. The zero-order chi connectivity index (χ0) is 10.6. The van der Waals surface area contributed by atoms with Crippen LogP contribution in [0.5, 0.6) is 0 Å². The van der Waals surface area contributed by atoms with Crippen molar-refractivity contribution in [3.63, 3.8) is 0 Å². The lowest BCUT2D eigenvalue weighted by molar-refractivity contribution is -0.211. The second-order valence-corrected chi connectivity index (χ2v) is 3.53. The van der Waals surface area contributed by atoms with Gasteiger partial charge in [0.1, 0.15) is 6.10 Å². The Morgan fingerprint density at radius 2 is 2.21 bits per heavy atom. The summed E-state index contributed by atoms with van der Waals surface area (Å²) in [5.41, 5.74) is 0. The van der Waals surface area contributed by atoms with Crippen molar-refractivity contribution in [2.75, 3.05) is 7.11 Å². The van der Waals surface area contributed by atoms with Crippen LogP contribution in [0.3, 0.4) is 0 Å². The van der Waals surface area contributed by atoms with Gasteiger partial charge in [-0.15, -0.1) is 0 Å². The van der Waals surface area contributed by atoms with E-state index in [0.717, 1.165) is 12.8 Å².